The number of hydrogen-bond donors (Lipinski definition) is 2. The van der Waals surface area contributed by atoms with Gasteiger partial charge in [0.25, 0.3) is 5.56 Å². The first-order chi connectivity index (χ1) is 15.0. The highest BCUT2D eigenvalue weighted by atomic mass is 32.2. The fraction of sp³-hybridized carbons (Fsp3) is 0.0870. The van der Waals surface area contributed by atoms with Crippen LogP contribution in [0.1, 0.15) is 5.56 Å². The minimum absolute atomic E-state index is 0.169. The summed E-state index contributed by atoms with van der Waals surface area (Å²) in [6, 6.07) is 17.6. The van der Waals surface area contributed by atoms with Crippen LogP contribution in [0.25, 0.3) is 32.9 Å². The molecule has 0 amide bonds. The van der Waals surface area contributed by atoms with Crippen LogP contribution in [0.2, 0.25) is 0 Å². The second-order valence-corrected chi connectivity index (χ2v) is 8.12. The van der Waals surface area contributed by atoms with Crippen LogP contribution in [0.15, 0.2) is 78.0 Å². The summed E-state index contributed by atoms with van der Waals surface area (Å²) >= 11 is -2.44. The van der Waals surface area contributed by atoms with E-state index in [0.717, 1.165) is 33.0 Å². The number of aromatic amines is 1. The Kier molecular flexibility index (Phi) is 4.72. The van der Waals surface area contributed by atoms with E-state index in [1.807, 2.05) is 61.9 Å². The summed E-state index contributed by atoms with van der Waals surface area (Å²) in [6.45, 7) is 0.670. The molecule has 31 heavy (non-hydrogen) atoms. The lowest BCUT2D eigenvalue weighted by Gasteiger charge is -2.14. The lowest BCUT2D eigenvalue weighted by molar-refractivity contribution is 0.542. The Labute approximate surface area is 180 Å². The largest absolute Gasteiger partial charge is 0.755 e. The molecule has 3 aromatic heterocycles. The summed E-state index contributed by atoms with van der Waals surface area (Å²) in [6.07, 6.45) is 5.53. The SMILES string of the molecule is Cn1cc(-c2cc(NS(=O)[O-])cc3ccn(Cc4ccccc4)c23)c2cc[nH]c(=O)c21. The molecule has 3 heterocycles. The van der Waals surface area contributed by atoms with Crippen molar-refractivity contribution in [3.05, 3.63) is 89.1 Å². The quantitative estimate of drug-likeness (QED) is 0.415. The average Bonchev–Trinajstić information content (AvgIpc) is 3.30. The predicted molar refractivity (Wildman–Crippen MR) is 123 cm³/mol. The number of aryl methyl sites for hydroxylation is 1. The van der Waals surface area contributed by atoms with E-state index in [9.17, 15) is 13.6 Å². The van der Waals surface area contributed by atoms with E-state index < -0.39 is 11.3 Å². The third kappa shape index (κ3) is 3.45. The first-order valence-corrected chi connectivity index (χ1v) is 10.8. The van der Waals surface area contributed by atoms with Gasteiger partial charge in [-0.25, -0.2) is 0 Å². The highest BCUT2D eigenvalue weighted by molar-refractivity contribution is 7.80. The lowest BCUT2D eigenvalue weighted by atomic mass is 10.0. The maximum Gasteiger partial charge on any atom is 0.272 e. The number of rotatable bonds is 5. The molecule has 5 rings (SSSR count). The average molecular weight is 431 g/mol. The number of nitrogens with one attached hydrogen (secondary N) is 2. The van der Waals surface area contributed by atoms with Gasteiger partial charge in [-0.15, -0.1) is 0 Å². The molecule has 1 unspecified atom stereocenters. The molecule has 7 nitrogen and oxygen atoms in total. The van der Waals surface area contributed by atoms with E-state index in [0.29, 0.717) is 17.7 Å². The third-order valence-electron chi connectivity index (χ3n) is 5.45. The number of nitrogens with zero attached hydrogens (tertiary/aromatic N) is 2. The van der Waals surface area contributed by atoms with Crippen molar-refractivity contribution < 1.29 is 8.76 Å². The number of aromatic nitrogens is 3. The smallest absolute Gasteiger partial charge is 0.272 e. The maximum atomic E-state index is 12.4. The van der Waals surface area contributed by atoms with Crippen LogP contribution in [0.4, 0.5) is 5.69 Å². The van der Waals surface area contributed by atoms with Crippen LogP contribution in [0, 0.1) is 0 Å². The van der Waals surface area contributed by atoms with Gasteiger partial charge in [0.1, 0.15) is 5.52 Å². The summed E-state index contributed by atoms with van der Waals surface area (Å²) in [5.41, 5.74) is 4.70. The van der Waals surface area contributed by atoms with Crippen molar-refractivity contribution in [1.29, 1.82) is 0 Å². The van der Waals surface area contributed by atoms with Gasteiger partial charge in [-0.1, -0.05) is 30.3 Å². The van der Waals surface area contributed by atoms with Crippen LogP contribution in [-0.2, 0) is 24.9 Å². The van der Waals surface area contributed by atoms with Gasteiger partial charge in [-0.3, -0.25) is 9.00 Å². The van der Waals surface area contributed by atoms with Crippen LogP contribution in [-0.4, -0.2) is 22.9 Å². The zero-order valence-electron chi connectivity index (χ0n) is 16.7. The molecule has 0 aliphatic carbocycles. The van der Waals surface area contributed by atoms with Gasteiger partial charge in [0.15, 0.2) is 0 Å². The molecule has 0 aliphatic heterocycles. The molecule has 0 aliphatic rings. The zero-order valence-corrected chi connectivity index (χ0v) is 17.5. The minimum atomic E-state index is -2.44. The monoisotopic (exact) mass is 431 g/mol. The van der Waals surface area contributed by atoms with Crippen molar-refractivity contribution in [3.8, 4) is 11.1 Å². The number of fused-ring (bicyclic) bond motifs is 2. The molecule has 156 valence electrons. The van der Waals surface area contributed by atoms with Gasteiger partial charge >= 0.3 is 0 Å². The number of benzene rings is 2. The van der Waals surface area contributed by atoms with Crippen molar-refractivity contribution >= 4 is 38.8 Å². The molecule has 0 bridgehead atoms. The Hall–Kier alpha value is -3.62. The first kappa shape index (κ1) is 19.3. The molecule has 0 spiro atoms. The third-order valence-corrected chi connectivity index (χ3v) is 5.85. The van der Waals surface area contributed by atoms with Crippen molar-refractivity contribution in [1.82, 2.24) is 14.1 Å². The molecule has 0 fully saturated rings. The van der Waals surface area contributed by atoms with Gasteiger partial charge in [-0.2, -0.15) is 0 Å². The van der Waals surface area contributed by atoms with Gasteiger partial charge in [0.05, 0.1) is 5.52 Å². The number of H-pyrrole nitrogens is 1. The van der Waals surface area contributed by atoms with Crippen LogP contribution < -0.4 is 10.3 Å². The topological polar surface area (TPSA) is 94.9 Å². The van der Waals surface area contributed by atoms with E-state index >= 15 is 0 Å². The van der Waals surface area contributed by atoms with Gasteiger partial charge in [0.2, 0.25) is 0 Å². The number of anilines is 1. The fourth-order valence-corrected chi connectivity index (χ4v) is 4.51. The molecule has 8 heteroatoms. The standard InChI is InChI=1S/C23H20N4O3S/c1-26-14-20(18-7-9-24-23(28)22(18)26)19-12-17(25-31(29)30)11-16-8-10-27(21(16)19)13-15-5-3-2-4-6-15/h2-12,14,25H,13H2,1H3,(H,24,28)(H,29,30)/p-1. The van der Waals surface area contributed by atoms with E-state index in [2.05, 4.69) is 26.4 Å². The van der Waals surface area contributed by atoms with Gasteiger partial charge in [-0.05, 0) is 29.8 Å². The highest BCUT2D eigenvalue weighted by Gasteiger charge is 2.17. The van der Waals surface area contributed by atoms with Crippen LogP contribution >= 0.6 is 0 Å². The minimum Gasteiger partial charge on any atom is -0.755 e. The second kappa shape index (κ2) is 7.57. The molecular weight excluding hydrogens is 412 g/mol. The molecule has 0 saturated heterocycles. The summed E-state index contributed by atoms with van der Waals surface area (Å²) in [5, 5.41) is 1.71. The predicted octanol–water partition coefficient (Wildman–Crippen LogP) is 3.74. The molecule has 5 aromatic rings. The Morgan fingerprint density at radius 2 is 1.87 bits per heavy atom. The number of hydrogen-bond acceptors (Lipinski definition) is 3. The molecule has 0 radical (unpaired) electrons. The summed E-state index contributed by atoms with van der Waals surface area (Å²) < 4.78 is 29.0. The first-order valence-electron chi connectivity index (χ1n) is 9.71. The van der Waals surface area contributed by atoms with E-state index in [1.165, 1.54) is 0 Å². The lowest BCUT2D eigenvalue weighted by Crippen LogP contribution is -2.07. The van der Waals surface area contributed by atoms with Crippen molar-refractivity contribution in [3.63, 3.8) is 0 Å². The van der Waals surface area contributed by atoms with Crippen LogP contribution in [0.3, 0.4) is 0 Å². The molecule has 2 N–H and O–H groups in total. The van der Waals surface area contributed by atoms with Gasteiger partial charge < -0.3 is 23.4 Å². The molecule has 0 saturated carbocycles. The zero-order chi connectivity index (χ0) is 21.5. The highest BCUT2D eigenvalue weighted by Crippen LogP contribution is 2.37. The van der Waals surface area contributed by atoms with Crippen molar-refractivity contribution in [2.24, 2.45) is 7.05 Å². The summed E-state index contributed by atoms with van der Waals surface area (Å²) in [7, 11) is 1.83. The molecular formula is C23H19N4O3S-. The van der Waals surface area contributed by atoms with Crippen molar-refractivity contribution in [2.75, 3.05) is 4.72 Å². The van der Waals surface area contributed by atoms with Gasteiger partial charge in [0, 0.05) is 71.0 Å². The van der Waals surface area contributed by atoms with E-state index in [4.69, 9.17) is 0 Å². The Morgan fingerprint density at radius 3 is 2.65 bits per heavy atom. The Bertz CT molecular complexity index is 1500. The Balaban J connectivity index is 1.79. The summed E-state index contributed by atoms with van der Waals surface area (Å²) in [4.78, 5) is 15.1. The molecule has 1 atom stereocenters. The molecule has 2 aromatic carbocycles. The normalized spacial score (nSPS) is 12.5. The van der Waals surface area contributed by atoms with E-state index in [-0.39, 0.29) is 5.56 Å². The summed E-state index contributed by atoms with van der Waals surface area (Å²) in [5.74, 6) is 0. The van der Waals surface area contributed by atoms with E-state index in [1.54, 1.807) is 10.8 Å². The van der Waals surface area contributed by atoms with Crippen molar-refractivity contribution in [2.45, 2.75) is 6.54 Å². The fourth-order valence-electron chi connectivity index (χ4n) is 4.20. The Morgan fingerprint density at radius 1 is 1.06 bits per heavy atom. The van der Waals surface area contributed by atoms with Crippen LogP contribution in [0.5, 0.6) is 0 Å². The number of pyridine rings is 1. The second-order valence-electron chi connectivity index (χ2n) is 7.45. The maximum absolute atomic E-state index is 12.4.